The fourth-order valence-electron chi connectivity index (χ4n) is 1.79. The van der Waals surface area contributed by atoms with Gasteiger partial charge in [-0.25, -0.2) is 8.42 Å². The third-order valence-corrected chi connectivity index (χ3v) is 4.30. The molecule has 0 saturated heterocycles. The van der Waals surface area contributed by atoms with Gasteiger partial charge in [0, 0.05) is 0 Å². The number of benzene rings is 2. The second-order valence-corrected chi connectivity index (χ2v) is 6.13. The number of nitrogens with one attached hydrogen (secondary N) is 1. The minimum absolute atomic E-state index is 0.169. The van der Waals surface area contributed by atoms with Crippen LogP contribution in [0.5, 0.6) is 5.75 Å². The molecule has 5 nitrogen and oxygen atoms in total. The lowest BCUT2D eigenvalue weighted by atomic mass is 10.2. The van der Waals surface area contributed by atoms with Crippen molar-refractivity contribution >= 4 is 15.7 Å². The monoisotopic (exact) mass is 302 g/mol. The smallest absolute Gasteiger partial charge is 0.261 e. The number of nitriles is 1. The molecule has 0 aliphatic carbocycles. The molecule has 1 N–H and O–H groups in total. The van der Waals surface area contributed by atoms with E-state index in [0.717, 1.165) is 5.56 Å². The predicted octanol–water partition coefficient (Wildman–Crippen LogP) is 2.68. The van der Waals surface area contributed by atoms with Gasteiger partial charge < -0.3 is 4.74 Å². The zero-order chi connectivity index (χ0) is 15.5. The van der Waals surface area contributed by atoms with Gasteiger partial charge in [0.1, 0.15) is 11.8 Å². The highest BCUT2D eigenvalue weighted by molar-refractivity contribution is 7.92. The molecule has 0 unspecified atom stereocenters. The quantitative estimate of drug-likeness (QED) is 0.941. The van der Waals surface area contributed by atoms with Crippen molar-refractivity contribution in [2.24, 2.45) is 0 Å². The standard InChI is InChI=1S/C15H14N2O3S/c1-11-3-6-14(7-4-11)21(18,19)17-13-5-8-15(20-2)12(9-13)10-16/h3-9,17H,1-2H3. The average Bonchev–Trinajstić information content (AvgIpc) is 2.47. The lowest BCUT2D eigenvalue weighted by Gasteiger charge is -2.10. The van der Waals surface area contributed by atoms with Crippen molar-refractivity contribution in [1.82, 2.24) is 0 Å². The molecule has 0 amide bonds. The third-order valence-electron chi connectivity index (χ3n) is 2.90. The van der Waals surface area contributed by atoms with Crippen molar-refractivity contribution in [3.63, 3.8) is 0 Å². The van der Waals surface area contributed by atoms with Gasteiger partial charge in [-0.1, -0.05) is 17.7 Å². The van der Waals surface area contributed by atoms with Gasteiger partial charge in [-0.3, -0.25) is 4.72 Å². The Morgan fingerprint density at radius 1 is 1.14 bits per heavy atom. The van der Waals surface area contributed by atoms with Gasteiger partial charge >= 0.3 is 0 Å². The fraction of sp³-hybridized carbons (Fsp3) is 0.133. The number of methoxy groups -OCH3 is 1. The zero-order valence-electron chi connectivity index (χ0n) is 11.6. The van der Waals surface area contributed by atoms with Crippen molar-refractivity contribution in [1.29, 1.82) is 5.26 Å². The SMILES string of the molecule is COc1ccc(NS(=O)(=O)c2ccc(C)cc2)cc1C#N. The van der Waals surface area contributed by atoms with Crippen LogP contribution in [0.4, 0.5) is 5.69 Å². The highest BCUT2D eigenvalue weighted by Crippen LogP contribution is 2.23. The summed E-state index contributed by atoms with van der Waals surface area (Å²) in [7, 11) is -2.22. The highest BCUT2D eigenvalue weighted by Gasteiger charge is 2.14. The van der Waals surface area contributed by atoms with E-state index in [9.17, 15) is 8.42 Å². The second kappa shape index (κ2) is 5.85. The van der Waals surface area contributed by atoms with Crippen LogP contribution < -0.4 is 9.46 Å². The molecular weight excluding hydrogens is 288 g/mol. The van der Waals surface area contributed by atoms with Crippen molar-refractivity contribution in [2.45, 2.75) is 11.8 Å². The molecule has 2 aromatic carbocycles. The summed E-state index contributed by atoms with van der Waals surface area (Å²) >= 11 is 0. The molecule has 108 valence electrons. The Balaban J connectivity index is 2.33. The van der Waals surface area contributed by atoms with E-state index in [-0.39, 0.29) is 10.5 Å². The number of aryl methyl sites for hydroxylation is 1. The number of rotatable bonds is 4. The summed E-state index contributed by atoms with van der Waals surface area (Å²) in [6.45, 7) is 1.88. The fourth-order valence-corrected chi connectivity index (χ4v) is 2.84. The molecule has 21 heavy (non-hydrogen) atoms. The Morgan fingerprint density at radius 2 is 1.81 bits per heavy atom. The zero-order valence-corrected chi connectivity index (χ0v) is 12.4. The van der Waals surface area contributed by atoms with E-state index in [1.165, 1.54) is 25.3 Å². The van der Waals surface area contributed by atoms with E-state index in [4.69, 9.17) is 10.00 Å². The molecule has 0 aromatic heterocycles. The van der Waals surface area contributed by atoms with Crippen molar-refractivity contribution in [2.75, 3.05) is 11.8 Å². The summed E-state index contributed by atoms with van der Waals surface area (Å²) in [6.07, 6.45) is 0. The summed E-state index contributed by atoms with van der Waals surface area (Å²) in [5.41, 5.74) is 1.56. The maximum absolute atomic E-state index is 12.2. The lowest BCUT2D eigenvalue weighted by molar-refractivity contribution is 0.413. The predicted molar refractivity (Wildman–Crippen MR) is 79.7 cm³/mol. The molecule has 0 saturated carbocycles. The van der Waals surface area contributed by atoms with Crippen LogP contribution in [0.2, 0.25) is 0 Å². The molecule has 0 aliphatic heterocycles. The third kappa shape index (κ3) is 3.33. The van der Waals surface area contributed by atoms with Crippen LogP contribution in [0.25, 0.3) is 0 Å². The normalized spacial score (nSPS) is 10.7. The molecule has 0 radical (unpaired) electrons. The largest absolute Gasteiger partial charge is 0.495 e. The molecule has 0 spiro atoms. The Bertz CT molecular complexity index is 791. The van der Waals surface area contributed by atoms with E-state index in [1.807, 2.05) is 13.0 Å². The van der Waals surface area contributed by atoms with E-state index in [2.05, 4.69) is 4.72 Å². The van der Waals surface area contributed by atoms with Crippen molar-refractivity contribution in [3.8, 4) is 11.8 Å². The average molecular weight is 302 g/mol. The van der Waals surface area contributed by atoms with Crippen LogP contribution >= 0.6 is 0 Å². The molecule has 2 aromatic rings. The van der Waals surface area contributed by atoms with Crippen LogP contribution in [0.1, 0.15) is 11.1 Å². The Morgan fingerprint density at radius 3 is 2.38 bits per heavy atom. The maximum atomic E-state index is 12.2. The first-order valence-electron chi connectivity index (χ1n) is 6.14. The minimum Gasteiger partial charge on any atom is -0.495 e. The highest BCUT2D eigenvalue weighted by atomic mass is 32.2. The Hall–Kier alpha value is -2.52. The molecular formula is C15H14N2O3S. The number of ether oxygens (including phenoxy) is 1. The summed E-state index contributed by atoms with van der Waals surface area (Å²) in [5.74, 6) is 0.399. The first kappa shape index (κ1) is 14.9. The van der Waals surface area contributed by atoms with Crippen LogP contribution in [0, 0.1) is 18.3 Å². The molecule has 0 fully saturated rings. The van der Waals surface area contributed by atoms with Crippen LogP contribution in [0.3, 0.4) is 0 Å². The maximum Gasteiger partial charge on any atom is 0.261 e. The van der Waals surface area contributed by atoms with Crippen molar-refractivity contribution < 1.29 is 13.2 Å². The Labute approximate surface area is 123 Å². The van der Waals surface area contributed by atoms with Crippen molar-refractivity contribution in [3.05, 3.63) is 53.6 Å². The summed E-state index contributed by atoms with van der Waals surface area (Å²) in [6, 6.07) is 13.0. The molecule has 2 rings (SSSR count). The van der Waals surface area contributed by atoms with E-state index < -0.39 is 10.0 Å². The Kier molecular flexibility index (Phi) is 4.15. The van der Waals surface area contributed by atoms with Gasteiger partial charge in [0.05, 0.1) is 23.3 Å². The summed E-state index contributed by atoms with van der Waals surface area (Å²) < 4.78 is 31.9. The van der Waals surface area contributed by atoms with E-state index in [0.29, 0.717) is 11.4 Å². The van der Waals surface area contributed by atoms with Crippen LogP contribution in [-0.2, 0) is 10.0 Å². The topological polar surface area (TPSA) is 79.2 Å². The first-order valence-corrected chi connectivity index (χ1v) is 7.62. The number of hydrogen-bond donors (Lipinski definition) is 1. The van der Waals surface area contributed by atoms with Crippen LogP contribution in [-0.4, -0.2) is 15.5 Å². The molecule has 0 heterocycles. The van der Waals surface area contributed by atoms with Gasteiger partial charge in [0.15, 0.2) is 0 Å². The summed E-state index contributed by atoms with van der Waals surface area (Å²) in [5, 5.41) is 9.01. The van der Waals surface area contributed by atoms with Gasteiger partial charge in [0.2, 0.25) is 0 Å². The van der Waals surface area contributed by atoms with Gasteiger partial charge in [-0.05, 0) is 37.3 Å². The minimum atomic E-state index is -3.67. The number of anilines is 1. The van der Waals surface area contributed by atoms with Crippen LogP contribution in [0.15, 0.2) is 47.4 Å². The molecule has 6 heteroatoms. The molecule has 0 bridgehead atoms. The van der Waals surface area contributed by atoms with E-state index in [1.54, 1.807) is 24.3 Å². The number of hydrogen-bond acceptors (Lipinski definition) is 4. The van der Waals surface area contributed by atoms with Gasteiger partial charge in [0.25, 0.3) is 10.0 Å². The lowest BCUT2D eigenvalue weighted by Crippen LogP contribution is -2.13. The first-order chi connectivity index (χ1) is 9.96. The second-order valence-electron chi connectivity index (χ2n) is 4.45. The molecule has 0 aliphatic rings. The van der Waals surface area contributed by atoms with Gasteiger partial charge in [-0.15, -0.1) is 0 Å². The van der Waals surface area contributed by atoms with Gasteiger partial charge in [-0.2, -0.15) is 5.26 Å². The number of sulfonamides is 1. The van der Waals surface area contributed by atoms with E-state index >= 15 is 0 Å². The summed E-state index contributed by atoms with van der Waals surface area (Å²) in [4.78, 5) is 0.169. The molecule has 0 atom stereocenters. The number of nitrogens with zero attached hydrogens (tertiary/aromatic N) is 1.